The number of nitrogens with zero attached hydrogens (tertiary/aromatic N) is 7. The van der Waals surface area contributed by atoms with Crippen LogP contribution in [-0.4, -0.2) is 13.7 Å². The maximum Gasteiger partial charge on any atom is 0.132 e. The first-order chi connectivity index (χ1) is 47.9. The van der Waals surface area contributed by atoms with Gasteiger partial charge in [-0.05, 0) is 183 Å². The van der Waals surface area contributed by atoms with E-state index in [-0.39, 0.29) is 0 Å². The predicted molar refractivity (Wildman–Crippen MR) is 391 cm³/mol. The number of halogens is 1. The molecule has 0 saturated carbocycles. The average molecular weight is 1240 g/mol. The molecule has 0 amide bonds. The molecule has 7 nitrogen and oxygen atoms in total. The van der Waals surface area contributed by atoms with Gasteiger partial charge in [0.1, 0.15) is 5.82 Å². The van der Waals surface area contributed by atoms with Gasteiger partial charge in [0.05, 0.1) is 85.3 Å². The average Bonchev–Trinajstić information content (AvgIpc) is 1.62. The largest absolute Gasteiger partial charge is 0.309 e. The molecule has 8 heteroatoms. The van der Waals surface area contributed by atoms with E-state index >= 15 is 0 Å². The standard InChI is InChI=1S/C44H26N4.C32H18FN3.C13H10/c45-27-29-22-23-42-38(24-29)37-17-3-4-18-39(37)47(42)34-14-8-11-31(26-34)30-10-7-12-32(25-30)44-33(28-46)13-9-21-43(44)48-40-19-5-1-15-35(40)36-16-2-6-20-41(36)48;33-29-12-5-9-25(20-35)32(29)24-8-3-6-22(17-24)23-7-4-10-26(18-23)36-30-13-2-1-11-27(30)28-16-21(19-34)14-15-31(28)36;1-3-7-12-10(5-1)9-11-6-2-4-8-13(11)12/h1-26H;1-18H;1-8H,9H2. The zero-order chi connectivity index (χ0) is 65.5. The van der Waals surface area contributed by atoms with E-state index < -0.39 is 5.82 Å². The van der Waals surface area contributed by atoms with Crippen molar-refractivity contribution in [1.82, 2.24) is 13.7 Å². The monoisotopic (exact) mass is 1240 g/mol. The van der Waals surface area contributed by atoms with E-state index in [9.17, 15) is 25.4 Å². The zero-order valence-corrected chi connectivity index (χ0v) is 52.2. The van der Waals surface area contributed by atoms with Crippen LogP contribution in [0.15, 0.2) is 315 Å². The SMILES string of the molecule is N#Cc1ccc2c(c1)c1ccccc1n2-c1cccc(-c2cccc(-c3c(C#N)cccc3-n3c4ccccc4c4ccccc43)c2)c1.N#Cc1ccc2c(c1)c1ccccc1n2-c1cccc(-c2cccc(-c3c(F)cccc3C#N)c2)c1.c1ccc2c(c1)Cc1ccccc1-2. The molecule has 1 aliphatic rings. The van der Waals surface area contributed by atoms with Crippen molar-refractivity contribution in [3.63, 3.8) is 0 Å². The molecule has 0 saturated heterocycles. The molecule has 0 N–H and O–H groups in total. The van der Waals surface area contributed by atoms with Crippen LogP contribution in [0.2, 0.25) is 0 Å². The molecule has 0 spiro atoms. The minimum atomic E-state index is -0.415. The van der Waals surface area contributed by atoms with E-state index in [4.69, 9.17) is 0 Å². The zero-order valence-electron chi connectivity index (χ0n) is 52.2. The van der Waals surface area contributed by atoms with E-state index in [1.165, 1.54) is 39.1 Å². The van der Waals surface area contributed by atoms with Crippen molar-refractivity contribution in [2.75, 3.05) is 0 Å². The summed E-state index contributed by atoms with van der Waals surface area (Å²) in [5.74, 6) is -0.415. The summed E-state index contributed by atoms with van der Waals surface area (Å²) in [5.41, 5.74) is 24.3. The van der Waals surface area contributed by atoms with Crippen molar-refractivity contribution in [3.8, 4) is 97.0 Å². The summed E-state index contributed by atoms with van der Waals surface area (Å²) in [4.78, 5) is 0. The Bertz CT molecular complexity index is 6110. The summed E-state index contributed by atoms with van der Waals surface area (Å²) < 4.78 is 21.4. The van der Waals surface area contributed by atoms with Crippen molar-refractivity contribution in [2.45, 2.75) is 6.42 Å². The van der Waals surface area contributed by atoms with Crippen LogP contribution in [0.3, 0.4) is 0 Å². The maximum absolute atomic E-state index is 14.7. The first-order valence-electron chi connectivity index (χ1n) is 32.0. The molecule has 0 bridgehead atoms. The molecule has 3 aromatic heterocycles. The fourth-order valence-corrected chi connectivity index (χ4v) is 14.3. The summed E-state index contributed by atoms with van der Waals surface area (Å²) in [7, 11) is 0. The van der Waals surface area contributed by atoms with Crippen LogP contribution in [0, 0.1) is 51.1 Å². The highest BCUT2D eigenvalue weighted by Gasteiger charge is 2.21. The fourth-order valence-electron chi connectivity index (χ4n) is 14.3. The van der Waals surface area contributed by atoms with Gasteiger partial charge in [-0.2, -0.15) is 21.0 Å². The number of aromatic nitrogens is 3. The van der Waals surface area contributed by atoms with Crippen molar-refractivity contribution >= 4 is 65.4 Å². The van der Waals surface area contributed by atoms with Gasteiger partial charge in [-0.3, -0.25) is 0 Å². The predicted octanol–water partition coefficient (Wildman–Crippen LogP) is 22.2. The Hall–Kier alpha value is -13.6. The third kappa shape index (κ3) is 10.4. The third-order valence-corrected chi connectivity index (χ3v) is 18.6. The smallest absolute Gasteiger partial charge is 0.132 e. The van der Waals surface area contributed by atoms with Crippen LogP contribution in [-0.2, 0) is 6.42 Å². The van der Waals surface area contributed by atoms with Gasteiger partial charge in [-0.15, -0.1) is 0 Å². The minimum absolute atomic E-state index is 0.308. The molecule has 14 aromatic carbocycles. The lowest BCUT2D eigenvalue weighted by molar-refractivity contribution is 0.631. The molecular formula is C89H54FN7. The summed E-state index contributed by atoms with van der Waals surface area (Å²) in [6.07, 6.45) is 1.10. The lowest BCUT2D eigenvalue weighted by atomic mass is 9.94. The number of para-hydroxylation sites is 4. The van der Waals surface area contributed by atoms with Crippen LogP contribution in [0.25, 0.3) is 138 Å². The molecule has 97 heavy (non-hydrogen) atoms. The second-order valence-corrected chi connectivity index (χ2v) is 24.1. The van der Waals surface area contributed by atoms with Gasteiger partial charge in [0, 0.05) is 54.8 Å². The lowest BCUT2D eigenvalue weighted by Crippen LogP contribution is -1.99. The van der Waals surface area contributed by atoms with E-state index in [1.54, 1.807) is 12.1 Å². The first kappa shape index (κ1) is 58.5. The van der Waals surface area contributed by atoms with Crippen LogP contribution >= 0.6 is 0 Å². The van der Waals surface area contributed by atoms with Crippen molar-refractivity contribution < 1.29 is 4.39 Å². The van der Waals surface area contributed by atoms with Gasteiger partial charge < -0.3 is 13.7 Å². The van der Waals surface area contributed by atoms with Gasteiger partial charge in [0.2, 0.25) is 0 Å². The Morgan fingerprint density at radius 3 is 1.10 bits per heavy atom. The Labute approximate surface area is 559 Å². The van der Waals surface area contributed by atoms with Gasteiger partial charge >= 0.3 is 0 Å². The second-order valence-electron chi connectivity index (χ2n) is 24.1. The molecule has 17 aromatic rings. The van der Waals surface area contributed by atoms with Crippen molar-refractivity contribution in [2.24, 2.45) is 0 Å². The van der Waals surface area contributed by atoms with E-state index in [1.807, 2.05) is 103 Å². The highest BCUT2D eigenvalue weighted by Crippen LogP contribution is 2.42. The summed E-state index contributed by atoms with van der Waals surface area (Å²) in [6.45, 7) is 0. The van der Waals surface area contributed by atoms with E-state index in [0.717, 1.165) is 112 Å². The van der Waals surface area contributed by atoms with Gasteiger partial charge in [-0.25, -0.2) is 4.39 Å². The Kier molecular flexibility index (Phi) is 14.9. The first-order valence-corrected chi connectivity index (χ1v) is 32.0. The molecule has 0 fully saturated rings. The summed E-state index contributed by atoms with van der Waals surface area (Å²) in [6, 6.07) is 115. The third-order valence-electron chi connectivity index (χ3n) is 18.6. The number of nitriles is 4. The minimum Gasteiger partial charge on any atom is -0.309 e. The van der Waals surface area contributed by atoms with Crippen LogP contribution in [0.4, 0.5) is 4.39 Å². The van der Waals surface area contributed by atoms with Crippen molar-refractivity contribution in [1.29, 1.82) is 21.0 Å². The van der Waals surface area contributed by atoms with Crippen LogP contribution in [0.1, 0.15) is 33.4 Å². The Morgan fingerprint density at radius 1 is 0.268 bits per heavy atom. The molecular weight excluding hydrogens is 1190 g/mol. The summed E-state index contributed by atoms with van der Waals surface area (Å²) in [5, 5.41) is 45.5. The maximum atomic E-state index is 14.7. The number of rotatable bonds is 7. The highest BCUT2D eigenvalue weighted by molar-refractivity contribution is 6.12. The fraction of sp³-hybridized carbons (Fsp3) is 0.0112. The molecule has 0 radical (unpaired) electrons. The number of hydrogen-bond donors (Lipinski definition) is 0. The molecule has 1 aliphatic carbocycles. The van der Waals surface area contributed by atoms with Crippen molar-refractivity contribution in [3.05, 3.63) is 355 Å². The molecule has 0 atom stereocenters. The molecule has 18 rings (SSSR count). The van der Waals surface area contributed by atoms with E-state index in [0.29, 0.717) is 33.4 Å². The van der Waals surface area contributed by atoms with Gasteiger partial charge in [-0.1, -0.05) is 194 Å². The molecule has 0 aliphatic heterocycles. The highest BCUT2D eigenvalue weighted by atomic mass is 19.1. The number of benzene rings is 14. The molecule has 0 unspecified atom stereocenters. The second kappa shape index (κ2) is 24.8. The summed E-state index contributed by atoms with van der Waals surface area (Å²) >= 11 is 0. The Balaban J connectivity index is 0.000000131. The van der Waals surface area contributed by atoms with Gasteiger partial charge in [0.25, 0.3) is 0 Å². The number of hydrogen-bond acceptors (Lipinski definition) is 4. The van der Waals surface area contributed by atoms with Gasteiger partial charge in [0.15, 0.2) is 0 Å². The lowest BCUT2D eigenvalue weighted by Gasteiger charge is -2.16. The molecule has 452 valence electrons. The quantitative estimate of drug-likeness (QED) is 0.158. The Morgan fingerprint density at radius 2 is 0.629 bits per heavy atom. The van der Waals surface area contributed by atoms with Crippen LogP contribution < -0.4 is 0 Å². The van der Waals surface area contributed by atoms with Crippen LogP contribution in [0.5, 0.6) is 0 Å². The number of fused-ring (bicyclic) bond motifs is 12. The molecule has 3 heterocycles. The normalized spacial score (nSPS) is 11.3. The topological polar surface area (TPSA) is 110 Å². The van der Waals surface area contributed by atoms with E-state index in [2.05, 4.69) is 232 Å².